The van der Waals surface area contributed by atoms with E-state index in [-0.39, 0.29) is 12.5 Å². The van der Waals surface area contributed by atoms with Crippen LogP contribution in [-0.4, -0.2) is 46.8 Å². The number of hydrogen-bond donors (Lipinski definition) is 1. The molecule has 5 heteroatoms. The topological polar surface area (TPSA) is 62.7 Å². The van der Waals surface area contributed by atoms with Crippen LogP contribution in [0.3, 0.4) is 0 Å². The fourth-order valence-corrected chi connectivity index (χ4v) is 2.80. The van der Waals surface area contributed by atoms with Crippen molar-refractivity contribution in [2.75, 3.05) is 19.8 Å². The molecular formula is C16H18N2O3. The minimum absolute atomic E-state index is 0.0665. The number of hydrogen-bond acceptors (Lipinski definition) is 4. The first kappa shape index (κ1) is 14.0. The molecule has 0 radical (unpaired) electrons. The van der Waals surface area contributed by atoms with Crippen LogP contribution >= 0.6 is 0 Å². The van der Waals surface area contributed by atoms with E-state index in [4.69, 9.17) is 9.84 Å². The summed E-state index contributed by atoms with van der Waals surface area (Å²) in [5.74, 6) is -0.782. The molecule has 1 aromatic heterocycles. The Bertz CT molecular complexity index is 639. The van der Waals surface area contributed by atoms with Crippen LogP contribution in [0.4, 0.5) is 0 Å². The number of benzene rings is 1. The highest BCUT2D eigenvalue weighted by Gasteiger charge is 2.25. The maximum absolute atomic E-state index is 11.0. The van der Waals surface area contributed by atoms with Gasteiger partial charge in [-0.3, -0.25) is 14.7 Å². The monoisotopic (exact) mass is 286 g/mol. The number of para-hydroxylation sites is 1. The van der Waals surface area contributed by atoms with Crippen LogP contribution in [0.5, 0.6) is 0 Å². The number of nitrogens with zero attached hydrogens (tertiary/aromatic N) is 2. The summed E-state index contributed by atoms with van der Waals surface area (Å²) in [5, 5.41) is 10.2. The number of aliphatic carboxylic acids is 1. The number of carboxylic acids is 1. The second-order valence-corrected chi connectivity index (χ2v) is 5.28. The third-order valence-electron chi connectivity index (χ3n) is 3.87. The van der Waals surface area contributed by atoms with Gasteiger partial charge < -0.3 is 9.84 Å². The van der Waals surface area contributed by atoms with Gasteiger partial charge in [0.1, 0.15) is 0 Å². The molecular weight excluding hydrogens is 268 g/mol. The summed E-state index contributed by atoms with van der Waals surface area (Å²) in [7, 11) is 0. The number of carbonyl (C=O) groups is 1. The fraction of sp³-hybridized carbons (Fsp3) is 0.375. The van der Waals surface area contributed by atoms with Crippen LogP contribution < -0.4 is 0 Å². The Labute approximate surface area is 123 Å². The van der Waals surface area contributed by atoms with Gasteiger partial charge in [-0.05, 0) is 17.7 Å². The van der Waals surface area contributed by atoms with E-state index in [1.807, 2.05) is 30.5 Å². The fourth-order valence-electron chi connectivity index (χ4n) is 2.80. The van der Waals surface area contributed by atoms with E-state index in [9.17, 15) is 4.79 Å². The minimum atomic E-state index is -0.782. The molecule has 1 aliphatic rings. The standard InChI is InChI=1S/C16H18N2O3/c19-16(20)9-13-11-21-8-7-18(13)10-12-5-6-17-15-4-2-1-3-14(12)15/h1-6,13H,7-11H2,(H,19,20)/t13-/m0/s1. The van der Waals surface area contributed by atoms with E-state index in [0.29, 0.717) is 13.2 Å². The molecule has 0 unspecified atom stereocenters. The summed E-state index contributed by atoms with van der Waals surface area (Å²) in [6.45, 7) is 2.62. The predicted octanol–water partition coefficient (Wildman–Crippen LogP) is 1.91. The van der Waals surface area contributed by atoms with Gasteiger partial charge in [-0.15, -0.1) is 0 Å². The largest absolute Gasteiger partial charge is 0.481 e. The lowest BCUT2D eigenvalue weighted by molar-refractivity contribution is -0.140. The molecule has 1 N–H and O–H groups in total. The first-order valence-corrected chi connectivity index (χ1v) is 7.10. The molecule has 110 valence electrons. The van der Waals surface area contributed by atoms with Crippen LogP contribution in [0.25, 0.3) is 10.9 Å². The van der Waals surface area contributed by atoms with Gasteiger partial charge in [-0.2, -0.15) is 0 Å². The quantitative estimate of drug-likeness (QED) is 0.930. The number of morpholine rings is 1. The molecule has 3 rings (SSSR count). The van der Waals surface area contributed by atoms with Crippen molar-refractivity contribution >= 4 is 16.9 Å². The van der Waals surface area contributed by atoms with Crippen molar-refractivity contribution in [3.8, 4) is 0 Å². The Morgan fingerprint density at radius 2 is 2.24 bits per heavy atom. The molecule has 1 saturated heterocycles. The minimum Gasteiger partial charge on any atom is -0.481 e. The number of ether oxygens (including phenoxy) is 1. The molecule has 0 aliphatic carbocycles. The van der Waals surface area contributed by atoms with Gasteiger partial charge in [0.05, 0.1) is 25.2 Å². The maximum atomic E-state index is 11.0. The summed E-state index contributed by atoms with van der Waals surface area (Å²) in [6, 6.07) is 9.97. The smallest absolute Gasteiger partial charge is 0.305 e. The normalized spacial score (nSPS) is 19.7. The van der Waals surface area contributed by atoms with E-state index in [1.54, 1.807) is 0 Å². The molecule has 1 fully saturated rings. The third kappa shape index (κ3) is 3.20. The first-order chi connectivity index (χ1) is 10.2. The zero-order valence-electron chi connectivity index (χ0n) is 11.7. The molecule has 0 amide bonds. The van der Waals surface area contributed by atoms with Gasteiger partial charge in [-0.25, -0.2) is 0 Å². The van der Waals surface area contributed by atoms with Gasteiger partial charge in [-0.1, -0.05) is 18.2 Å². The van der Waals surface area contributed by atoms with Crippen LogP contribution in [0.1, 0.15) is 12.0 Å². The highest BCUT2D eigenvalue weighted by atomic mass is 16.5. The summed E-state index contributed by atoms with van der Waals surface area (Å²) >= 11 is 0. The van der Waals surface area contributed by atoms with E-state index in [1.165, 1.54) is 5.56 Å². The zero-order chi connectivity index (χ0) is 14.7. The van der Waals surface area contributed by atoms with Gasteiger partial charge in [0, 0.05) is 30.7 Å². The highest BCUT2D eigenvalue weighted by Crippen LogP contribution is 2.21. The van der Waals surface area contributed by atoms with Crippen molar-refractivity contribution in [3.05, 3.63) is 42.1 Å². The van der Waals surface area contributed by atoms with E-state index < -0.39 is 5.97 Å². The number of rotatable bonds is 4. The number of aromatic nitrogens is 1. The number of fused-ring (bicyclic) bond motifs is 1. The van der Waals surface area contributed by atoms with Gasteiger partial charge in [0.25, 0.3) is 0 Å². The lowest BCUT2D eigenvalue weighted by Gasteiger charge is -2.35. The van der Waals surface area contributed by atoms with E-state index in [2.05, 4.69) is 16.0 Å². The molecule has 2 aromatic rings. The Hall–Kier alpha value is -1.98. The lowest BCUT2D eigenvalue weighted by atomic mass is 10.1. The predicted molar refractivity (Wildman–Crippen MR) is 79.0 cm³/mol. The molecule has 1 aliphatic heterocycles. The number of carboxylic acid groups (broad SMARTS) is 1. The first-order valence-electron chi connectivity index (χ1n) is 7.10. The Balaban J connectivity index is 1.84. The molecule has 0 saturated carbocycles. The van der Waals surface area contributed by atoms with Gasteiger partial charge in [0.15, 0.2) is 0 Å². The third-order valence-corrected chi connectivity index (χ3v) is 3.87. The molecule has 21 heavy (non-hydrogen) atoms. The molecule has 0 spiro atoms. The van der Waals surface area contributed by atoms with Crippen molar-refractivity contribution in [3.63, 3.8) is 0 Å². The Morgan fingerprint density at radius 3 is 3.10 bits per heavy atom. The van der Waals surface area contributed by atoms with Crippen molar-refractivity contribution in [1.82, 2.24) is 9.88 Å². The average molecular weight is 286 g/mol. The highest BCUT2D eigenvalue weighted by molar-refractivity contribution is 5.81. The average Bonchev–Trinajstić information content (AvgIpc) is 2.49. The van der Waals surface area contributed by atoms with Crippen molar-refractivity contribution in [1.29, 1.82) is 0 Å². The van der Waals surface area contributed by atoms with Crippen molar-refractivity contribution in [2.24, 2.45) is 0 Å². The van der Waals surface area contributed by atoms with Crippen molar-refractivity contribution in [2.45, 2.75) is 19.0 Å². The molecule has 5 nitrogen and oxygen atoms in total. The SMILES string of the molecule is O=C(O)C[C@H]1COCCN1Cc1ccnc2ccccc12. The van der Waals surface area contributed by atoms with Crippen LogP contribution in [0.15, 0.2) is 36.5 Å². The second kappa shape index (κ2) is 6.20. The van der Waals surface area contributed by atoms with Gasteiger partial charge >= 0.3 is 5.97 Å². The lowest BCUT2D eigenvalue weighted by Crippen LogP contribution is -2.45. The molecule has 1 aromatic carbocycles. The second-order valence-electron chi connectivity index (χ2n) is 5.28. The zero-order valence-corrected chi connectivity index (χ0v) is 11.7. The summed E-state index contributed by atoms with van der Waals surface area (Å²) in [5.41, 5.74) is 2.15. The van der Waals surface area contributed by atoms with Crippen LogP contribution in [0.2, 0.25) is 0 Å². The van der Waals surface area contributed by atoms with Gasteiger partial charge in [0.2, 0.25) is 0 Å². The van der Waals surface area contributed by atoms with Crippen LogP contribution in [-0.2, 0) is 16.1 Å². The van der Waals surface area contributed by atoms with Crippen molar-refractivity contribution < 1.29 is 14.6 Å². The van der Waals surface area contributed by atoms with Crippen LogP contribution in [0, 0.1) is 0 Å². The Kier molecular flexibility index (Phi) is 4.13. The summed E-state index contributed by atoms with van der Waals surface area (Å²) in [6.07, 6.45) is 1.92. The van der Waals surface area contributed by atoms with E-state index >= 15 is 0 Å². The molecule has 1 atom stereocenters. The summed E-state index contributed by atoms with van der Waals surface area (Å²) in [4.78, 5) is 17.5. The molecule has 2 heterocycles. The van der Waals surface area contributed by atoms with E-state index in [0.717, 1.165) is 24.0 Å². The Morgan fingerprint density at radius 1 is 1.38 bits per heavy atom. The maximum Gasteiger partial charge on any atom is 0.305 e. The molecule has 0 bridgehead atoms. The number of pyridine rings is 1. The summed E-state index contributed by atoms with van der Waals surface area (Å²) < 4.78 is 5.42.